The molecule has 2 rings (SSSR count). The van der Waals surface area contributed by atoms with Crippen molar-refractivity contribution in [2.45, 2.75) is 31.8 Å². The van der Waals surface area contributed by atoms with Gasteiger partial charge in [-0.1, -0.05) is 6.08 Å². The SMILES string of the molecule is C=CC(C)NC1CCc2ccsc21. The van der Waals surface area contributed by atoms with Gasteiger partial charge < -0.3 is 5.32 Å². The minimum Gasteiger partial charge on any atom is -0.303 e. The molecular formula is C11H15NS. The van der Waals surface area contributed by atoms with Crippen molar-refractivity contribution in [2.75, 3.05) is 0 Å². The Kier molecular flexibility index (Phi) is 2.51. The Balaban J connectivity index is 2.08. The van der Waals surface area contributed by atoms with Crippen LogP contribution in [0.3, 0.4) is 0 Å². The highest BCUT2D eigenvalue weighted by atomic mass is 32.1. The topological polar surface area (TPSA) is 12.0 Å². The molecule has 1 N–H and O–H groups in total. The molecule has 1 nitrogen and oxygen atoms in total. The average molecular weight is 193 g/mol. The third-order valence-electron chi connectivity index (χ3n) is 2.62. The summed E-state index contributed by atoms with van der Waals surface area (Å²) in [5.41, 5.74) is 1.54. The summed E-state index contributed by atoms with van der Waals surface area (Å²) in [7, 11) is 0. The van der Waals surface area contributed by atoms with Crippen LogP contribution in [0.4, 0.5) is 0 Å². The number of aryl methyl sites for hydroxylation is 1. The highest BCUT2D eigenvalue weighted by Gasteiger charge is 2.23. The smallest absolute Gasteiger partial charge is 0.0425 e. The Morgan fingerprint density at radius 1 is 1.77 bits per heavy atom. The van der Waals surface area contributed by atoms with E-state index in [1.54, 1.807) is 5.56 Å². The number of rotatable bonds is 3. The molecule has 0 spiro atoms. The molecule has 0 radical (unpaired) electrons. The second-order valence-electron chi connectivity index (χ2n) is 3.59. The second-order valence-corrected chi connectivity index (χ2v) is 4.54. The van der Waals surface area contributed by atoms with Gasteiger partial charge in [-0.2, -0.15) is 0 Å². The highest BCUT2D eigenvalue weighted by Crippen LogP contribution is 2.35. The third kappa shape index (κ3) is 1.69. The summed E-state index contributed by atoms with van der Waals surface area (Å²) in [6.45, 7) is 5.94. The van der Waals surface area contributed by atoms with E-state index in [-0.39, 0.29) is 0 Å². The van der Waals surface area contributed by atoms with Crippen LogP contribution in [0.5, 0.6) is 0 Å². The van der Waals surface area contributed by atoms with Crippen LogP contribution in [0, 0.1) is 0 Å². The van der Waals surface area contributed by atoms with Crippen LogP contribution >= 0.6 is 11.3 Å². The van der Waals surface area contributed by atoms with Crippen LogP contribution in [0.25, 0.3) is 0 Å². The zero-order chi connectivity index (χ0) is 9.26. The molecule has 70 valence electrons. The summed E-state index contributed by atoms with van der Waals surface area (Å²) in [4.78, 5) is 1.54. The fraction of sp³-hybridized carbons (Fsp3) is 0.455. The van der Waals surface area contributed by atoms with E-state index in [1.807, 2.05) is 17.4 Å². The van der Waals surface area contributed by atoms with Crippen molar-refractivity contribution >= 4 is 11.3 Å². The van der Waals surface area contributed by atoms with E-state index in [1.165, 1.54) is 17.7 Å². The van der Waals surface area contributed by atoms with E-state index >= 15 is 0 Å². The quantitative estimate of drug-likeness (QED) is 0.728. The van der Waals surface area contributed by atoms with Gasteiger partial charge in [0.25, 0.3) is 0 Å². The van der Waals surface area contributed by atoms with Gasteiger partial charge in [0.1, 0.15) is 0 Å². The first-order valence-electron chi connectivity index (χ1n) is 4.76. The molecule has 1 heterocycles. The van der Waals surface area contributed by atoms with Crippen LogP contribution in [0.2, 0.25) is 0 Å². The van der Waals surface area contributed by atoms with Gasteiger partial charge in [0.15, 0.2) is 0 Å². The Morgan fingerprint density at radius 2 is 2.62 bits per heavy atom. The lowest BCUT2D eigenvalue weighted by Gasteiger charge is -2.15. The fourth-order valence-electron chi connectivity index (χ4n) is 1.84. The predicted molar refractivity (Wildman–Crippen MR) is 58.2 cm³/mol. The number of thiophene rings is 1. The minimum atomic E-state index is 0.415. The molecule has 2 atom stereocenters. The highest BCUT2D eigenvalue weighted by molar-refractivity contribution is 7.10. The van der Waals surface area contributed by atoms with E-state index in [0.29, 0.717) is 12.1 Å². The summed E-state index contributed by atoms with van der Waals surface area (Å²) < 4.78 is 0. The maximum absolute atomic E-state index is 3.79. The molecule has 13 heavy (non-hydrogen) atoms. The van der Waals surface area contributed by atoms with Crippen molar-refractivity contribution < 1.29 is 0 Å². The lowest BCUT2D eigenvalue weighted by atomic mass is 10.2. The van der Waals surface area contributed by atoms with Gasteiger partial charge in [-0.25, -0.2) is 0 Å². The normalized spacial score (nSPS) is 22.7. The monoisotopic (exact) mass is 193 g/mol. The Morgan fingerprint density at radius 3 is 3.38 bits per heavy atom. The first-order valence-corrected chi connectivity index (χ1v) is 5.64. The molecular weight excluding hydrogens is 178 g/mol. The van der Waals surface area contributed by atoms with E-state index in [0.717, 1.165) is 0 Å². The van der Waals surface area contributed by atoms with Crippen LogP contribution < -0.4 is 5.32 Å². The zero-order valence-electron chi connectivity index (χ0n) is 7.92. The Labute approximate surface area is 83.5 Å². The van der Waals surface area contributed by atoms with Crippen molar-refractivity contribution in [3.63, 3.8) is 0 Å². The van der Waals surface area contributed by atoms with Gasteiger partial charge in [0.2, 0.25) is 0 Å². The number of fused-ring (bicyclic) bond motifs is 1. The molecule has 2 heteroatoms. The van der Waals surface area contributed by atoms with E-state index < -0.39 is 0 Å². The molecule has 2 unspecified atom stereocenters. The lowest BCUT2D eigenvalue weighted by Crippen LogP contribution is -2.26. The van der Waals surface area contributed by atoms with Crippen LogP contribution in [0.1, 0.15) is 29.8 Å². The number of nitrogens with one attached hydrogen (secondary N) is 1. The predicted octanol–water partition coefficient (Wildman–Crippen LogP) is 2.90. The van der Waals surface area contributed by atoms with Gasteiger partial charge >= 0.3 is 0 Å². The molecule has 0 aliphatic heterocycles. The Bertz CT molecular complexity index is 303. The van der Waals surface area contributed by atoms with E-state index in [2.05, 4.69) is 30.3 Å². The number of hydrogen-bond acceptors (Lipinski definition) is 2. The van der Waals surface area contributed by atoms with E-state index in [9.17, 15) is 0 Å². The molecule has 1 aliphatic carbocycles. The van der Waals surface area contributed by atoms with Crippen molar-refractivity contribution in [1.82, 2.24) is 5.32 Å². The van der Waals surface area contributed by atoms with Crippen LogP contribution in [-0.2, 0) is 6.42 Å². The molecule has 0 aromatic carbocycles. The van der Waals surface area contributed by atoms with Gasteiger partial charge in [0.05, 0.1) is 0 Å². The first kappa shape index (κ1) is 8.97. The molecule has 0 saturated carbocycles. The van der Waals surface area contributed by atoms with Crippen molar-refractivity contribution in [3.8, 4) is 0 Å². The zero-order valence-corrected chi connectivity index (χ0v) is 8.73. The molecule has 0 fully saturated rings. The van der Waals surface area contributed by atoms with Gasteiger partial charge in [-0.15, -0.1) is 17.9 Å². The van der Waals surface area contributed by atoms with Crippen molar-refractivity contribution in [1.29, 1.82) is 0 Å². The van der Waals surface area contributed by atoms with Crippen LogP contribution in [-0.4, -0.2) is 6.04 Å². The minimum absolute atomic E-state index is 0.415. The summed E-state index contributed by atoms with van der Waals surface area (Å²) in [6.07, 6.45) is 4.45. The van der Waals surface area contributed by atoms with Crippen molar-refractivity contribution in [2.24, 2.45) is 0 Å². The van der Waals surface area contributed by atoms with Gasteiger partial charge in [-0.05, 0) is 36.8 Å². The standard InChI is InChI=1S/C11H15NS/c1-3-8(2)12-10-5-4-9-6-7-13-11(9)10/h3,6-8,10,12H,1,4-5H2,2H3. The third-order valence-corrected chi connectivity index (χ3v) is 3.69. The summed E-state index contributed by atoms with van der Waals surface area (Å²) >= 11 is 1.88. The summed E-state index contributed by atoms with van der Waals surface area (Å²) in [6, 6.07) is 3.24. The summed E-state index contributed by atoms with van der Waals surface area (Å²) in [5, 5.41) is 5.75. The average Bonchev–Trinajstić information content (AvgIpc) is 2.69. The molecule has 0 bridgehead atoms. The maximum Gasteiger partial charge on any atom is 0.0425 e. The largest absolute Gasteiger partial charge is 0.303 e. The molecule has 0 saturated heterocycles. The van der Waals surface area contributed by atoms with Crippen LogP contribution in [0.15, 0.2) is 24.1 Å². The Hall–Kier alpha value is -0.600. The van der Waals surface area contributed by atoms with Gasteiger partial charge in [-0.3, -0.25) is 0 Å². The maximum atomic E-state index is 3.79. The molecule has 1 aromatic rings. The van der Waals surface area contributed by atoms with E-state index in [4.69, 9.17) is 0 Å². The molecule has 0 amide bonds. The second kappa shape index (κ2) is 3.64. The number of hydrogen-bond donors (Lipinski definition) is 1. The molecule has 1 aliphatic rings. The first-order chi connectivity index (χ1) is 6.31. The van der Waals surface area contributed by atoms with Crippen molar-refractivity contribution in [3.05, 3.63) is 34.5 Å². The van der Waals surface area contributed by atoms with Gasteiger partial charge in [0, 0.05) is 17.0 Å². The summed E-state index contributed by atoms with van der Waals surface area (Å²) in [5.74, 6) is 0. The molecule has 1 aromatic heterocycles. The lowest BCUT2D eigenvalue weighted by molar-refractivity contribution is 0.505. The fourth-order valence-corrected chi connectivity index (χ4v) is 2.89.